The lowest BCUT2D eigenvalue weighted by atomic mass is 10.0. The van der Waals surface area contributed by atoms with Crippen LogP contribution in [0.1, 0.15) is 17.5 Å². The van der Waals surface area contributed by atoms with Crippen LogP contribution >= 0.6 is 11.6 Å². The van der Waals surface area contributed by atoms with Gasteiger partial charge in [0, 0.05) is 6.42 Å². The number of benzene rings is 3. The fraction of sp³-hybridized carbons (Fsp3) is 0.269. The van der Waals surface area contributed by atoms with Gasteiger partial charge in [-0.05, 0) is 52.6 Å². The molecule has 4 rings (SSSR count). The molecule has 0 radical (unpaired) electrons. The molecule has 1 aliphatic heterocycles. The monoisotopic (exact) mass is 495 g/mol. The van der Waals surface area contributed by atoms with Crippen LogP contribution in [0, 0.1) is 0 Å². The Hall–Kier alpha value is -3.62. The molecule has 2 atom stereocenters. The molecule has 3 aromatic rings. The number of phenolic OH excluding ortho intramolecular Hbond substituents is 1. The predicted molar refractivity (Wildman–Crippen MR) is 133 cm³/mol. The Bertz CT molecular complexity index is 1260. The Kier molecular flexibility index (Phi) is 7.53. The summed E-state index contributed by atoms with van der Waals surface area (Å²) in [4.78, 5) is 33.0. The molecule has 35 heavy (non-hydrogen) atoms. The van der Waals surface area contributed by atoms with Gasteiger partial charge in [-0.2, -0.15) is 0 Å². The van der Waals surface area contributed by atoms with Gasteiger partial charge in [-0.1, -0.05) is 53.2 Å². The SMILES string of the molecule is COc1ccc2cc(CC(=O)N(CC3CC(Cl)=NO3)C(=O)[C@@H](N)Cc3ccc(O)cc3)ccc2c1. The minimum atomic E-state index is -0.953. The van der Waals surface area contributed by atoms with E-state index in [1.807, 2.05) is 36.4 Å². The van der Waals surface area contributed by atoms with Crippen LogP contribution in [0.15, 0.2) is 65.8 Å². The van der Waals surface area contributed by atoms with Gasteiger partial charge in [0.1, 0.15) is 16.7 Å². The van der Waals surface area contributed by atoms with Crippen molar-refractivity contribution < 1.29 is 24.3 Å². The largest absolute Gasteiger partial charge is 0.508 e. The van der Waals surface area contributed by atoms with Crippen LogP contribution in [0.25, 0.3) is 10.8 Å². The summed E-state index contributed by atoms with van der Waals surface area (Å²) >= 11 is 5.92. The highest BCUT2D eigenvalue weighted by Gasteiger charge is 2.32. The van der Waals surface area contributed by atoms with Gasteiger partial charge in [0.05, 0.1) is 26.1 Å². The Balaban J connectivity index is 1.51. The number of carbonyl (C=O) groups excluding carboxylic acids is 2. The molecule has 0 aliphatic carbocycles. The van der Waals surface area contributed by atoms with Crippen molar-refractivity contribution in [3.63, 3.8) is 0 Å². The molecule has 0 fully saturated rings. The van der Waals surface area contributed by atoms with Gasteiger partial charge < -0.3 is 20.4 Å². The minimum absolute atomic E-state index is 0.00849. The number of phenols is 1. The number of aromatic hydroxyl groups is 1. The van der Waals surface area contributed by atoms with E-state index < -0.39 is 24.0 Å². The summed E-state index contributed by atoms with van der Waals surface area (Å²) in [6.07, 6.45) is 0.00830. The highest BCUT2D eigenvalue weighted by atomic mass is 35.5. The molecular formula is C26H26ClN3O5. The zero-order valence-corrected chi connectivity index (χ0v) is 19.9. The third kappa shape index (κ3) is 6.09. The topological polar surface area (TPSA) is 114 Å². The van der Waals surface area contributed by atoms with Crippen LogP contribution in [0.3, 0.4) is 0 Å². The number of hydrogen-bond donors (Lipinski definition) is 2. The first-order chi connectivity index (χ1) is 16.8. The number of fused-ring (bicyclic) bond motifs is 1. The molecule has 2 amide bonds. The quantitative estimate of drug-likeness (QED) is 0.495. The lowest BCUT2D eigenvalue weighted by molar-refractivity contribution is -0.147. The number of rotatable bonds is 8. The smallest absolute Gasteiger partial charge is 0.246 e. The number of hydrogen-bond acceptors (Lipinski definition) is 7. The lowest BCUT2D eigenvalue weighted by Gasteiger charge is -2.26. The van der Waals surface area contributed by atoms with Crippen molar-refractivity contribution >= 4 is 39.4 Å². The molecule has 0 aromatic heterocycles. The van der Waals surface area contributed by atoms with Gasteiger partial charge in [0.15, 0.2) is 6.10 Å². The molecule has 8 nitrogen and oxygen atoms in total. The molecule has 3 aromatic carbocycles. The summed E-state index contributed by atoms with van der Waals surface area (Å²) in [5.74, 6) is -0.0384. The highest BCUT2D eigenvalue weighted by Crippen LogP contribution is 2.23. The fourth-order valence-corrected chi connectivity index (χ4v) is 4.18. The Morgan fingerprint density at radius 3 is 2.51 bits per heavy atom. The maximum absolute atomic E-state index is 13.3. The van der Waals surface area contributed by atoms with Crippen molar-refractivity contribution in [3.8, 4) is 11.5 Å². The molecule has 9 heteroatoms. The number of nitrogens with zero attached hydrogens (tertiary/aromatic N) is 2. The average molecular weight is 496 g/mol. The first kappa shape index (κ1) is 24.5. The van der Waals surface area contributed by atoms with Crippen molar-refractivity contribution in [1.82, 2.24) is 4.90 Å². The van der Waals surface area contributed by atoms with E-state index in [0.717, 1.165) is 32.5 Å². The number of methoxy groups -OCH3 is 1. The Morgan fingerprint density at radius 2 is 1.83 bits per heavy atom. The Labute approximate surface area is 207 Å². The maximum Gasteiger partial charge on any atom is 0.246 e. The predicted octanol–water partition coefficient (Wildman–Crippen LogP) is 3.36. The second-order valence-electron chi connectivity index (χ2n) is 8.44. The van der Waals surface area contributed by atoms with Crippen LogP contribution in [0.5, 0.6) is 11.5 Å². The van der Waals surface area contributed by atoms with Crippen molar-refractivity contribution in [3.05, 3.63) is 71.8 Å². The van der Waals surface area contributed by atoms with Gasteiger partial charge in [0.2, 0.25) is 11.8 Å². The molecule has 1 heterocycles. The summed E-state index contributed by atoms with van der Waals surface area (Å²) in [6, 6.07) is 16.8. The molecule has 1 unspecified atom stereocenters. The van der Waals surface area contributed by atoms with Crippen molar-refractivity contribution in [1.29, 1.82) is 0 Å². The number of imide groups is 1. The van der Waals surface area contributed by atoms with Crippen molar-refractivity contribution in [2.24, 2.45) is 10.9 Å². The lowest BCUT2D eigenvalue weighted by Crippen LogP contribution is -2.50. The maximum atomic E-state index is 13.3. The van der Waals surface area contributed by atoms with Gasteiger partial charge in [0.25, 0.3) is 0 Å². The molecule has 0 saturated carbocycles. The summed E-state index contributed by atoms with van der Waals surface area (Å²) in [5.41, 5.74) is 7.74. The summed E-state index contributed by atoms with van der Waals surface area (Å²) in [5, 5.41) is 15.4. The molecule has 1 aliphatic rings. The zero-order valence-electron chi connectivity index (χ0n) is 19.2. The van der Waals surface area contributed by atoms with Crippen LogP contribution in [-0.4, -0.2) is 52.8 Å². The van der Waals surface area contributed by atoms with Crippen LogP contribution < -0.4 is 10.5 Å². The Morgan fingerprint density at radius 1 is 1.14 bits per heavy atom. The number of halogens is 1. The number of carbonyl (C=O) groups is 2. The second kappa shape index (κ2) is 10.8. The van der Waals surface area contributed by atoms with Gasteiger partial charge in [-0.25, -0.2) is 0 Å². The van der Waals surface area contributed by atoms with Gasteiger partial charge in [-0.15, -0.1) is 0 Å². The van der Waals surface area contributed by atoms with E-state index in [9.17, 15) is 14.7 Å². The molecule has 0 spiro atoms. The average Bonchev–Trinajstić information content (AvgIpc) is 3.27. The first-order valence-electron chi connectivity index (χ1n) is 11.1. The highest BCUT2D eigenvalue weighted by molar-refractivity contribution is 6.65. The molecule has 0 saturated heterocycles. The normalized spacial score (nSPS) is 15.9. The van der Waals surface area contributed by atoms with Gasteiger partial charge in [-0.3, -0.25) is 14.5 Å². The standard InChI is InChI=1S/C26H26ClN3O5/c1-34-21-9-6-18-10-17(2-5-19(18)13-21)12-25(32)30(15-22-14-24(27)29-35-22)26(33)23(28)11-16-3-7-20(31)8-4-16/h2-10,13,22-23,31H,11-12,14-15,28H2,1H3/t22?,23-/m0/s1. The molecular weight excluding hydrogens is 470 g/mol. The number of amides is 2. The van der Waals surface area contributed by atoms with E-state index in [-0.39, 0.29) is 30.3 Å². The summed E-state index contributed by atoms with van der Waals surface area (Å²) in [6.45, 7) is -0.00849. The van der Waals surface area contributed by atoms with Crippen molar-refractivity contribution in [2.45, 2.75) is 31.4 Å². The molecule has 3 N–H and O–H groups in total. The van der Waals surface area contributed by atoms with Gasteiger partial charge >= 0.3 is 0 Å². The third-order valence-corrected chi connectivity index (χ3v) is 6.05. The van der Waals surface area contributed by atoms with Crippen LogP contribution in [0.4, 0.5) is 0 Å². The van der Waals surface area contributed by atoms with Crippen LogP contribution in [0.2, 0.25) is 0 Å². The van der Waals surface area contributed by atoms with E-state index in [0.29, 0.717) is 6.42 Å². The van der Waals surface area contributed by atoms with Crippen molar-refractivity contribution in [2.75, 3.05) is 13.7 Å². The van der Waals surface area contributed by atoms with E-state index in [1.165, 1.54) is 12.1 Å². The van der Waals surface area contributed by atoms with Crippen LogP contribution in [-0.2, 0) is 27.3 Å². The van der Waals surface area contributed by atoms with E-state index in [2.05, 4.69) is 5.16 Å². The number of nitrogens with two attached hydrogens (primary N) is 1. The molecule has 0 bridgehead atoms. The summed E-state index contributed by atoms with van der Waals surface area (Å²) < 4.78 is 5.26. The third-order valence-electron chi connectivity index (χ3n) is 5.83. The summed E-state index contributed by atoms with van der Waals surface area (Å²) in [7, 11) is 1.61. The first-order valence-corrected chi connectivity index (χ1v) is 11.5. The number of oxime groups is 1. The van der Waals surface area contributed by atoms with E-state index >= 15 is 0 Å². The fourth-order valence-electron chi connectivity index (χ4n) is 3.96. The number of ether oxygens (including phenoxy) is 1. The zero-order chi connectivity index (χ0) is 24.9. The minimum Gasteiger partial charge on any atom is -0.508 e. The second-order valence-corrected chi connectivity index (χ2v) is 8.88. The van der Waals surface area contributed by atoms with E-state index in [1.54, 1.807) is 19.2 Å². The van der Waals surface area contributed by atoms with E-state index in [4.69, 9.17) is 26.9 Å². The molecule has 182 valence electrons.